The monoisotopic (exact) mass is 336 g/mol. The van der Waals surface area contributed by atoms with Crippen molar-refractivity contribution >= 4 is 0 Å². The van der Waals surface area contributed by atoms with Crippen LogP contribution in [0.4, 0.5) is 0 Å². The standard InChI is InChI=1S/C20H40N4/c1-7-21-13-19(5)23(15-17(21)3)11-9-10-12-24-16-18(4)22(8-2)14-20(24)6/h9-10,17-20H,7-8,11-16H2,1-6H3/b10-9+. The molecule has 2 aliphatic rings. The van der Waals surface area contributed by atoms with E-state index < -0.39 is 0 Å². The van der Waals surface area contributed by atoms with Gasteiger partial charge in [0.15, 0.2) is 0 Å². The summed E-state index contributed by atoms with van der Waals surface area (Å²) in [5.41, 5.74) is 0. The Morgan fingerprint density at radius 1 is 0.583 bits per heavy atom. The van der Waals surface area contributed by atoms with E-state index in [-0.39, 0.29) is 0 Å². The Kier molecular flexibility index (Phi) is 7.73. The molecular weight excluding hydrogens is 296 g/mol. The van der Waals surface area contributed by atoms with Crippen LogP contribution in [0.25, 0.3) is 0 Å². The highest BCUT2D eigenvalue weighted by Crippen LogP contribution is 2.16. The van der Waals surface area contributed by atoms with E-state index in [1.807, 2.05) is 0 Å². The molecule has 0 bridgehead atoms. The largest absolute Gasteiger partial charge is 0.298 e. The first-order valence-electron chi connectivity index (χ1n) is 10.1. The fraction of sp³-hybridized carbons (Fsp3) is 0.900. The molecule has 24 heavy (non-hydrogen) atoms. The zero-order valence-electron chi connectivity index (χ0n) is 16.9. The van der Waals surface area contributed by atoms with Crippen molar-refractivity contribution in [3.8, 4) is 0 Å². The van der Waals surface area contributed by atoms with Crippen molar-refractivity contribution in [2.45, 2.75) is 65.7 Å². The molecule has 0 amide bonds. The lowest BCUT2D eigenvalue weighted by Crippen LogP contribution is -2.56. The van der Waals surface area contributed by atoms with E-state index in [1.54, 1.807) is 0 Å². The van der Waals surface area contributed by atoms with Crippen LogP contribution in [0, 0.1) is 0 Å². The molecule has 4 atom stereocenters. The van der Waals surface area contributed by atoms with Gasteiger partial charge in [0, 0.05) is 63.4 Å². The number of hydrogen-bond acceptors (Lipinski definition) is 4. The zero-order valence-corrected chi connectivity index (χ0v) is 16.9. The normalized spacial score (nSPS) is 35.1. The summed E-state index contributed by atoms with van der Waals surface area (Å²) in [5, 5.41) is 0. The van der Waals surface area contributed by atoms with Crippen molar-refractivity contribution in [2.24, 2.45) is 0 Å². The molecule has 140 valence electrons. The van der Waals surface area contributed by atoms with Crippen molar-refractivity contribution in [3.05, 3.63) is 12.2 Å². The van der Waals surface area contributed by atoms with E-state index in [0.717, 1.165) is 13.1 Å². The van der Waals surface area contributed by atoms with Crippen LogP contribution < -0.4 is 0 Å². The van der Waals surface area contributed by atoms with E-state index in [2.05, 4.69) is 73.3 Å². The number of rotatable bonds is 6. The molecule has 0 N–H and O–H groups in total. The van der Waals surface area contributed by atoms with Gasteiger partial charge in [-0.05, 0) is 40.8 Å². The van der Waals surface area contributed by atoms with E-state index >= 15 is 0 Å². The second-order valence-electron chi connectivity index (χ2n) is 7.95. The molecule has 0 aromatic rings. The van der Waals surface area contributed by atoms with Gasteiger partial charge in [-0.25, -0.2) is 0 Å². The third-order valence-electron chi connectivity index (χ3n) is 6.15. The molecule has 0 aliphatic carbocycles. The van der Waals surface area contributed by atoms with Crippen LogP contribution in [0.1, 0.15) is 41.5 Å². The highest BCUT2D eigenvalue weighted by molar-refractivity contribution is 4.94. The van der Waals surface area contributed by atoms with Crippen LogP contribution in [-0.2, 0) is 0 Å². The van der Waals surface area contributed by atoms with Crippen LogP contribution in [0.3, 0.4) is 0 Å². The first-order valence-corrected chi connectivity index (χ1v) is 10.1. The Hall–Kier alpha value is -0.420. The molecule has 2 aliphatic heterocycles. The highest BCUT2D eigenvalue weighted by atomic mass is 15.3. The van der Waals surface area contributed by atoms with Gasteiger partial charge in [-0.1, -0.05) is 26.0 Å². The molecule has 2 fully saturated rings. The van der Waals surface area contributed by atoms with E-state index in [0.29, 0.717) is 24.2 Å². The summed E-state index contributed by atoms with van der Waals surface area (Å²) in [6, 6.07) is 2.70. The highest BCUT2D eigenvalue weighted by Gasteiger charge is 2.28. The molecule has 2 heterocycles. The second kappa shape index (κ2) is 9.33. The third-order valence-corrected chi connectivity index (χ3v) is 6.15. The maximum absolute atomic E-state index is 2.63. The van der Waals surface area contributed by atoms with Crippen molar-refractivity contribution in [2.75, 3.05) is 52.4 Å². The first kappa shape index (κ1) is 19.9. The summed E-state index contributed by atoms with van der Waals surface area (Å²) in [4.78, 5) is 10.5. The molecule has 4 unspecified atom stereocenters. The number of hydrogen-bond donors (Lipinski definition) is 0. The minimum Gasteiger partial charge on any atom is -0.298 e. The summed E-state index contributed by atoms with van der Waals surface area (Å²) in [6.07, 6.45) is 4.79. The molecule has 2 rings (SSSR count). The molecule has 0 saturated carbocycles. The summed E-state index contributed by atoms with van der Waals surface area (Å²) in [5.74, 6) is 0. The van der Waals surface area contributed by atoms with Crippen molar-refractivity contribution < 1.29 is 0 Å². The minimum absolute atomic E-state index is 0.665. The maximum Gasteiger partial charge on any atom is 0.0198 e. The molecule has 0 aromatic heterocycles. The Morgan fingerprint density at radius 2 is 0.875 bits per heavy atom. The number of nitrogens with zero attached hydrogens (tertiary/aromatic N) is 4. The summed E-state index contributed by atoms with van der Waals surface area (Å²) >= 11 is 0. The topological polar surface area (TPSA) is 13.0 Å². The van der Waals surface area contributed by atoms with Gasteiger partial charge in [0.2, 0.25) is 0 Å². The SMILES string of the molecule is CCN1CC(C)N(C/C=C/CN2CC(C)N(CC)CC2C)CC1C. The molecule has 4 heteroatoms. The zero-order chi connectivity index (χ0) is 17.7. The Labute approximate surface area is 150 Å². The predicted molar refractivity (Wildman–Crippen MR) is 105 cm³/mol. The average molecular weight is 337 g/mol. The predicted octanol–water partition coefficient (Wildman–Crippen LogP) is 2.37. The lowest BCUT2D eigenvalue weighted by atomic mass is 10.1. The van der Waals surface area contributed by atoms with Crippen LogP contribution in [0.2, 0.25) is 0 Å². The average Bonchev–Trinajstić information content (AvgIpc) is 2.56. The lowest BCUT2D eigenvalue weighted by molar-refractivity contribution is 0.0520. The smallest absolute Gasteiger partial charge is 0.0198 e. The summed E-state index contributed by atoms with van der Waals surface area (Å²) in [7, 11) is 0. The van der Waals surface area contributed by atoms with Gasteiger partial charge < -0.3 is 0 Å². The molecule has 0 spiro atoms. The van der Waals surface area contributed by atoms with Gasteiger partial charge in [0.05, 0.1) is 0 Å². The second-order valence-corrected chi connectivity index (χ2v) is 7.95. The van der Waals surface area contributed by atoms with E-state index in [1.165, 1.54) is 39.3 Å². The third kappa shape index (κ3) is 5.04. The molecule has 2 saturated heterocycles. The van der Waals surface area contributed by atoms with Crippen molar-refractivity contribution in [3.63, 3.8) is 0 Å². The Morgan fingerprint density at radius 3 is 1.21 bits per heavy atom. The van der Waals surface area contributed by atoms with Gasteiger partial charge in [0.1, 0.15) is 0 Å². The molecular formula is C20H40N4. The van der Waals surface area contributed by atoms with Gasteiger partial charge in [-0.2, -0.15) is 0 Å². The fourth-order valence-corrected chi connectivity index (χ4v) is 4.35. The minimum atomic E-state index is 0.665. The van der Waals surface area contributed by atoms with E-state index in [4.69, 9.17) is 0 Å². The summed E-state index contributed by atoms with van der Waals surface area (Å²) < 4.78 is 0. The van der Waals surface area contributed by atoms with Gasteiger partial charge in [-0.3, -0.25) is 19.6 Å². The fourth-order valence-electron chi connectivity index (χ4n) is 4.35. The van der Waals surface area contributed by atoms with E-state index in [9.17, 15) is 0 Å². The lowest BCUT2D eigenvalue weighted by Gasteiger charge is -2.44. The van der Waals surface area contributed by atoms with Gasteiger partial charge in [0.25, 0.3) is 0 Å². The number of piperazine rings is 2. The first-order chi connectivity index (χ1) is 11.5. The maximum atomic E-state index is 2.63. The van der Waals surface area contributed by atoms with Crippen LogP contribution in [-0.4, -0.2) is 96.1 Å². The molecule has 0 radical (unpaired) electrons. The van der Waals surface area contributed by atoms with Crippen molar-refractivity contribution in [1.29, 1.82) is 0 Å². The molecule has 4 nitrogen and oxygen atoms in total. The number of likely N-dealkylation sites (N-methyl/N-ethyl adjacent to an activating group) is 2. The molecule has 0 aromatic carbocycles. The van der Waals surface area contributed by atoms with Crippen LogP contribution >= 0.6 is 0 Å². The van der Waals surface area contributed by atoms with Gasteiger partial charge >= 0.3 is 0 Å². The van der Waals surface area contributed by atoms with Crippen molar-refractivity contribution in [1.82, 2.24) is 19.6 Å². The van der Waals surface area contributed by atoms with Crippen LogP contribution in [0.15, 0.2) is 12.2 Å². The Balaban J connectivity index is 1.76. The summed E-state index contributed by atoms with van der Waals surface area (Å²) in [6.45, 7) is 23.4. The van der Waals surface area contributed by atoms with Crippen LogP contribution in [0.5, 0.6) is 0 Å². The van der Waals surface area contributed by atoms with Gasteiger partial charge in [-0.15, -0.1) is 0 Å². The quantitative estimate of drug-likeness (QED) is 0.690. The Bertz CT molecular complexity index is 361.